The number of hydrogen-bond donors (Lipinski definition) is 1. The van der Waals surface area contributed by atoms with E-state index in [0.29, 0.717) is 25.9 Å². The lowest BCUT2D eigenvalue weighted by molar-refractivity contribution is -0.144. The molecule has 0 aliphatic carbocycles. The quantitative estimate of drug-likeness (QED) is 0.286. The van der Waals surface area contributed by atoms with E-state index in [1.54, 1.807) is 50.3 Å². The van der Waals surface area contributed by atoms with Crippen molar-refractivity contribution in [2.45, 2.75) is 55.3 Å². The van der Waals surface area contributed by atoms with Crippen LogP contribution >= 0.6 is 11.8 Å². The van der Waals surface area contributed by atoms with Crippen molar-refractivity contribution in [3.8, 4) is 0 Å². The number of carbonyl (C=O) groups is 3. The molecule has 3 saturated heterocycles. The van der Waals surface area contributed by atoms with Crippen LogP contribution in [0.3, 0.4) is 0 Å². The van der Waals surface area contributed by atoms with E-state index in [1.807, 2.05) is 24.3 Å². The predicted molar refractivity (Wildman–Crippen MR) is 159 cm³/mol. The van der Waals surface area contributed by atoms with Crippen molar-refractivity contribution in [2.24, 2.45) is 17.8 Å². The van der Waals surface area contributed by atoms with Crippen molar-refractivity contribution in [1.82, 2.24) is 29.7 Å². The molecule has 1 aromatic heterocycles. The average Bonchev–Trinajstić information content (AvgIpc) is 3.68. The lowest BCUT2D eigenvalue weighted by atomic mass is 9.65. The maximum atomic E-state index is 14.7. The highest BCUT2D eigenvalue weighted by atomic mass is 32.2. The second-order valence-electron chi connectivity index (χ2n) is 11.4. The van der Waals surface area contributed by atoms with Gasteiger partial charge in [-0.3, -0.25) is 14.4 Å². The SMILES string of the molecule is C=CCN(C)C(=O)[C@@H]1[C@H]2C(=O)N(CCCCCO)C(C(=O)N(CC=C)Cn3nnc4ccccc43)C23S[C@@H]1CC3C. The van der Waals surface area contributed by atoms with Gasteiger partial charge < -0.3 is 19.8 Å². The third-order valence-corrected chi connectivity index (χ3v) is 11.1. The Hall–Kier alpha value is -3.18. The third kappa shape index (κ3) is 4.86. The maximum Gasteiger partial charge on any atom is 0.248 e. The first-order chi connectivity index (χ1) is 19.8. The summed E-state index contributed by atoms with van der Waals surface area (Å²) >= 11 is 1.68. The Morgan fingerprint density at radius 1 is 1.17 bits per heavy atom. The molecule has 1 aromatic carbocycles. The van der Waals surface area contributed by atoms with Crippen LogP contribution in [0.5, 0.6) is 0 Å². The van der Waals surface area contributed by atoms with Gasteiger partial charge in [-0.05, 0) is 43.7 Å². The van der Waals surface area contributed by atoms with Crippen molar-refractivity contribution in [3.05, 3.63) is 49.6 Å². The average molecular weight is 581 g/mol. The number of aliphatic hydroxyl groups excluding tert-OH is 1. The van der Waals surface area contributed by atoms with E-state index >= 15 is 0 Å². The molecule has 4 heterocycles. The summed E-state index contributed by atoms with van der Waals surface area (Å²) in [6, 6.07) is 6.88. The molecule has 3 fully saturated rings. The number of thioether (sulfide) groups is 1. The Labute approximate surface area is 245 Å². The van der Waals surface area contributed by atoms with Gasteiger partial charge in [-0.25, -0.2) is 4.68 Å². The molecule has 11 heteroatoms. The van der Waals surface area contributed by atoms with Crippen LogP contribution in [0, 0.1) is 17.8 Å². The van der Waals surface area contributed by atoms with Crippen molar-refractivity contribution in [2.75, 3.05) is 33.3 Å². The highest BCUT2D eigenvalue weighted by Crippen LogP contribution is 2.68. The molecular weight excluding hydrogens is 540 g/mol. The van der Waals surface area contributed by atoms with Crippen molar-refractivity contribution >= 4 is 40.5 Å². The van der Waals surface area contributed by atoms with Crippen LogP contribution < -0.4 is 0 Å². The van der Waals surface area contributed by atoms with E-state index in [4.69, 9.17) is 0 Å². The van der Waals surface area contributed by atoms with E-state index in [0.717, 1.165) is 23.9 Å². The number of nitrogens with zero attached hydrogens (tertiary/aromatic N) is 6. The minimum absolute atomic E-state index is 0.0160. The first-order valence-corrected chi connectivity index (χ1v) is 15.3. The number of amides is 3. The molecule has 220 valence electrons. The zero-order valence-corrected chi connectivity index (χ0v) is 24.7. The van der Waals surface area contributed by atoms with Crippen LogP contribution in [-0.4, -0.2) is 102 Å². The van der Waals surface area contributed by atoms with Crippen LogP contribution in [0.4, 0.5) is 0 Å². The molecule has 3 unspecified atom stereocenters. The number of rotatable bonds is 13. The summed E-state index contributed by atoms with van der Waals surface area (Å²) in [7, 11) is 1.75. The number of hydrogen-bond acceptors (Lipinski definition) is 7. The van der Waals surface area contributed by atoms with Gasteiger partial charge in [0.2, 0.25) is 17.7 Å². The van der Waals surface area contributed by atoms with Gasteiger partial charge in [0, 0.05) is 38.5 Å². The standard InChI is InChI=1S/C30H40N6O4S/c1-5-14-33(4)27(38)24-23-18-20(3)30(41-23)25(24)28(39)35(16-10-7-11-17-37)26(30)29(40)34(15-6-2)19-36-22-13-9-8-12-21(22)31-32-36/h5-6,8-9,12-13,20,23-26,37H,1-2,7,10-11,14-19H2,3-4H3/t20?,23-,24+,25+,26?,30?/m1/s1. The summed E-state index contributed by atoms with van der Waals surface area (Å²) in [4.78, 5) is 47.8. The molecular formula is C30H40N6O4S. The number of aliphatic hydroxyl groups is 1. The van der Waals surface area contributed by atoms with Gasteiger partial charge >= 0.3 is 0 Å². The fourth-order valence-electron chi connectivity index (χ4n) is 7.16. The number of benzene rings is 1. The van der Waals surface area contributed by atoms with E-state index < -0.39 is 22.6 Å². The van der Waals surface area contributed by atoms with Crippen molar-refractivity contribution < 1.29 is 19.5 Å². The highest BCUT2D eigenvalue weighted by molar-refractivity contribution is 8.02. The maximum absolute atomic E-state index is 14.7. The van der Waals surface area contributed by atoms with Gasteiger partial charge in [-0.2, -0.15) is 0 Å². The second kappa shape index (κ2) is 12.0. The Kier molecular flexibility index (Phi) is 8.56. The summed E-state index contributed by atoms with van der Waals surface area (Å²) < 4.78 is 1.00. The van der Waals surface area contributed by atoms with Crippen LogP contribution in [-0.2, 0) is 21.1 Å². The monoisotopic (exact) mass is 580 g/mol. The molecule has 3 aliphatic rings. The Balaban J connectivity index is 1.52. The smallest absolute Gasteiger partial charge is 0.248 e. The second-order valence-corrected chi connectivity index (χ2v) is 13.0. The van der Waals surface area contributed by atoms with Gasteiger partial charge in [0.1, 0.15) is 18.2 Å². The van der Waals surface area contributed by atoms with E-state index in [9.17, 15) is 19.5 Å². The number of fused-ring (bicyclic) bond motifs is 2. The topological polar surface area (TPSA) is 112 Å². The minimum Gasteiger partial charge on any atom is -0.396 e. The highest BCUT2D eigenvalue weighted by Gasteiger charge is 2.76. The number of carbonyl (C=O) groups excluding carboxylic acids is 3. The fraction of sp³-hybridized carbons (Fsp3) is 0.567. The largest absolute Gasteiger partial charge is 0.396 e. The number of likely N-dealkylation sites (tertiary alicyclic amines) is 1. The first kappa shape index (κ1) is 29.3. The summed E-state index contributed by atoms with van der Waals surface area (Å²) in [6.45, 7) is 11.1. The van der Waals surface area contributed by atoms with Gasteiger partial charge in [-0.1, -0.05) is 36.4 Å². The summed E-state index contributed by atoms with van der Waals surface area (Å²) in [5.41, 5.74) is 1.55. The van der Waals surface area contributed by atoms with Crippen molar-refractivity contribution in [3.63, 3.8) is 0 Å². The first-order valence-electron chi connectivity index (χ1n) is 14.4. The number of unbranched alkanes of at least 4 members (excludes halogenated alkanes) is 2. The minimum atomic E-state index is -0.712. The Bertz CT molecular complexity index is 1330. The number of likely N-dealkylation sites (N-methyl/N-ethyl adjacent to an activating group) is 1. The van der Waals surface area contributed by atoms with E-state index in [1.165, 1.54) is 0 Å². The van der Waals surface area contributed by atoms with Crippen LogP contribution in [0.2, 0.25) is 0 Å². The molecule has 1 N–H and O–H groups in total. The summed E-state index contributed by atoms with van der Waals surface area (Å²) in [6.07, 6.45) is 6.21. The van der Waals surface area contributed by atoms with Crippen LogP contribution in [0.1, 0.15) is 32.6 Å². The fourth-order valence-corrected chi connectivity index (χ4v) is 9.57. The molecule has 3 aliphatic heterocycles. The van der Waals surface area contributed by atoms with Gasteiger partial charge in [0.05, 0.1) is 22.1 Å². The van der Waals surface area contributed by atoms with Gasteiger partial charge in [-0.15, -0.1) is 30.0 Å². The molecule has 2 aromatic rings. The predicted octanol–water partition coefficient (Wildman–Crippen LogP) is 2.55. The lowest BCUT2D eigenvalue weighted by Crippen LogP contribution is -2.57. The molecule has 3 amide bonds. The molecule has 0 radical (unpaired) electrons. The zero-order chi connectivity index (χ0) is 29.3. The van der Waals surface area contributed by atoms with Gasteiger partial charge in [0.15, 0.2) is 0 Å². The third-order valence-electron chi connectivity index (χ3n) is 8.99. The Morgan fingerprint density at radius 3 is 2.66 bits per heavy atom. The molecule has 2 bridgehead atoms. The molecule has 10 nitrogen and oxygen atoms in total. The molecule has 1 spiro atoms. The van der Waals surface area contributed by atoms with Crippen LogP contribution in [0.25, 0.3) is 11.0 Å². The summed E-state index contributed by atoms with van der Waals surface area (Å²) in [5, 5.41) is 17.8. The summed E-state index contributed by atoms with van der Waals surface area (Å²) in [5.74, 6) is -1.28. The molecule has 5 rings (SSSR count). The van der Waals surface area contributed by atoms with E-state index in [-0.39, 0.29) is 48.7 Å². The van der Waals surface area contributed by atoms with E-state index in [2.05, 4.69) is 30.4 Å². The normalized spacial score (nSPS) is 28.2. The molecule has 6 atom stereocenters. The van der Waals surface area contributed by atoms with Crippen molar-refractivity contribution in [1.29, 1.82) is 0 Å². The van der Waals surface area contributed by atoms with Crippen LogP contribution in [0.15, 0.2) is 49.6 Å². The molecule has 41 heavy (non-hydrogen) atoms. The zero-order valence-electron chi connectivity index (χ0n) is 23.9. The Morgan fingerprint density at radius 2 is 1.93 bits per heavy atom. The lowest BCUT2D eigenvalue weighted by Gasteiger charge is -2.40. The molecule has 0 saturated carbocycles. The number of para-hydroxylation sites is 1. The van der Waals surface area contributed by atoms with Gasteiger partial charge in [0.25, 0.3) is 0 Å². The number of aromatic nitrogens is 3.